The molecule has 0 radical (unpaired) electrons. The summed E-state index contributed by atoms with van der Waals surface area (Å²) in [7, 11) is 1.68. The van der Waals surface area contributed by atoms with E-state index in [1.54, 1.807) is 24.1 Å². The van der Waals surface area contributed by atoms with Crippen LogP contribution in [-0.2, 0) is 16.0 Å². The minimum atomic E-state index is 0.0866. The van der Waals surface area contributed by atoms with Crippen LogP contribution >= 0.6 is 0 Å². The maximum Gasteiger partial charge on any atom is 0.183 e. The minimum absolute atomic E-state index is 0.0866. The molecule has 2 heterocycles. The molecular weight excluding hydrogens is 244 g/mol. The van der Waals surface area contributed by atoms with Crippen molar-refractivity contribution in [2.75, 3.05) is 20.3 Å². The standard InChI is InChI=1S/C14H22N2O3/c1-18-9-4-8-16-13(6-7-15-16)14(17)11-12-5-2-3-10-19-12/h6-7,12H,2-5,8-11H2,1H3. The summed E-state index contributed by atoms with van der Waals surface area (Å²) in [5, 5.41) is 4.20. The molecule has 0 saturated carbocycles. The molecule has 0 N–H and O–H groups in total. The lowest BCUT2D eigenvalue weighted by Gasteiger charge is -2.21. The maximum atomic E-state index is 12.3. The molecule has 1 aliphatic rings. The third-order valence-electron chi connectivity index (χ3n) is 3.41. The Bertz CT molecular complexity index is 397. The highest BCUT2D eigenvalue weighted by Crippen LogP contribution is 2.18. The van der Waals surface area contributed by atoms with Crippen LogP contribution in [0.15, 0.2) is 12.3 Å². The molecule has 1 saturated heterocycles. The van der Waals surface area contributed by atoms with Gasteiger partial charge in [-0.15, -0.1) is 0 Å². The van der Waals surface area contributed by atoms with E-state index in [2.05, 4.69) is 5.10 Å². The van der Waals surface area contributed by atoms with Gasteiger partial charge in [0.15, 0.2) is 5.78 Å². The first-order valence-corrected chi connectivity index (χ1v) is 6.97. The zero-order valence-corrected chi connectivity index (χ0v) is 11.5. The highest BCUT2D eigenvalue weighted by molar-refractivity contribution is 5.94. The summed E-state index contributed by atoms with van der Waals surface area (Å²) in [6.45, 7) is 2.18. The van der Waals surface area contributed by atoms with Crippen molar-refractivity contribution in [3.05, 3.63) is 18.0 Å². The summed E-state index contributed by atoms with van der Waals surface area (Å²) < 4.78 is 12.4. The lowest BCUT2D eigenvalue weighted by Crippen LogP contribution is -2.23. The summed E-state index contributed by atoms with van der Waals surface area (Å²) >= 11 is 0. The molecule has 0 bridgehead atoms. The van der Waals surface area contributed by atoms with Crippen molar-refractivity contribution in [2.24, 2.45) is 0 Å². The molecule has 0 aromatic carbocycles. The number of Topliss-reactive ketones (excluding diaryl/α,β-unsaturated/α-hetero) is 1. The van der Waals surface area contributed by atoms with Gasteiger partial charge in [0.25, 0.3) is 0 Å². The lowest BCUT2D eigenvalue weighted by atomic mass is 10.0. The molecule has 1 aliphatic heterocycles. The van der Waals surface area contributed by atoms with Crippen molar-refractivity contribution >= 4 is 5.78 Å². The van der Waals surface area contributed by atoms with Crippen molar-refractivity contribution in [1.29, 1.82) is 0 Å². The second-order valence-electron chi connectivity index (χ2n) is 4.90. The first kappa shape index (κ1) is 14.2. The van der Waals surface area contributed by atoms with Crippen LogP contribution in [-0.4, -0.2) is 42.0 Å². The van der Waals surface area contributed by atoms with Crippen LogP contribution < -0.4 is 0 Å². The Kier molecular flexibility index (Phi) is 5.54. The maximum absolute atomic E-state index is 12.3. The Morgan fingerprint density at radius 3 is 3.21 bits per heavy atom. The van der Waals surface area contributed by atoms with Crippen molar-refractivity contribution in [3.63, 3.8) is 0 Å². The number of methoxy groups -OCH3 is 1. The molecule has 0 amide bonds. The number of nitrogens with zero attached hydrogens (tertiary/aromatic N) is 2. The monoisotopic (exact) mass is 266 g/mol. The van der Waals surface area contributed by atoms with E-state index in [4.69, 9.17) is 9.47 Å². The van der Waals surface area contributed by atoms with Crippen molar-refractivity contribution in [1.82, 2.24) is 9.78 Å². The second-order valence-corrected chi connectivity index (χ2v) is 4.90. The van der Waals surface area contributed by atoms with Gasteiger partial charge in [0.1, 0.15) is 5.69 Å². The number of aryl methyl sites for hydroxylation is 1. The van der Waals surface area contributed by atoms with E-state index in [0.29, 0.717) is 25.3 Å². The molecule has 5 nitrogen and oxygen atoms in total. The SMILES string of the molecule is COCCCn1nccc1C(=O)CC1CCCCO1. The molecule has 0 aliphatic carbocycles. The van der Waals surface area contributed by atoms with Gasteiger partial charge in [-0.2, -0.15) is 5.10 Å². The number of rotatable bonds is 7. The summed E-state index contributed by atoms with van der Waals surface area (Å²) in [4.78, 5) is 12.3. The zero-order valence-electron chi connectivity index (χ0n) is 11.5. The van der Waals surface area contributed by atoms with Crippen LogP contribution in [0.2, 0.25) is 0 Å². The topological polar surface area (TPSA) is 53.4 Å². The molecule has 1 aromatic rings. The average Bonchev–Trinajstić information content (AvgIpc) is 2.89. The summed E-state index contributed by atoms with van der Waals surface area (Å²) in [5.41, 5.74) is 0.685. The third kappa shape index (κ3) is 4.14. The second kappa shape index (κ2) is 7.40. The van der Waals surface area contributed by atoms with E-state index in [1.807, 2.05) is 0 Å². The minimum Gasteiger partial charge on any atom is -0.385 e. The molecule has 5 heteroatoms. The van der Waals surface area contributed by atoms with Crippen LogP contribution in [0.5, 0.6) is 0 Å². The Hall–Kier alpha value is -1.20. The van der Waals surface area contributed by atoms with Crippen LogP contribution in [0.4, 0.5) is 0 Å². The van der Waals surface area contributed by atoms with Crippen molar-refractivity contribution in [3.8, 4) is 0 Å². The van der Waals surface area contributed by atoms with Gasteiger partial charge in [-0.05, 0) is 31.7 Å². The largest absolute Gasteiger partial charge is 0.385 e. The summed E-state index contributed by atoms with van der Waals surface area (Å²) in [6, 6.07) is 1.79. The fourth-order valence-corrected chi connectivity index (χ4v) is 2.39. The summed E-state index contributed by atoms with van der Waals surface area (Å²) in [5.74, 6) is 0.127. The quantitative estimate of drug-likeness (QED) is 0.560. The molecule has 1 fully saturated rings. The van der Waals surface area contributed by atoms with Crippen LogP contribution in [0, 0.1) is 0 Å². The molecule has 0 spiro atoms. The number of ether oxygens (including phenoxy) is 2. The number of hydrogen-bond donors (Lipinski definition) is 0. The fourth-order valence-electron chi connectivity index (χ4n) is 2.39. The average molecular weight is 266 g/mol. The summed E-state index contributed by atoms with van der Waals surface area (Å²) in [6.07, 6.45) is 6.35. The first-order chi connectivity index (χ1) is 9.31. The van der Waals surface area contributed by atoms with Crippen LogP contribution in [0.3, 0.4) is 0 Å². The zero-order chi connectivity index (χ0) is 13.5. The lowest BCUT2D eigenvalue weighted by molar-refractivity contribution is 0.0126. The molecule has 1 atom stereocenters. The Morgan fingerprint density at radius 1 is 1.58 bits per heavy atom. The van der Waals surface area contributed by atoms with Gasteiger partial charge in [0.05, 0.1) is 6.10 Å². The van der Waals surface area contributed by atoms with Gasteiger partial charge < -0.3 is 9.47 Å². The Labute approximate surface area is 113 Å². The number of hydrogen-bond acceptors (Lipinski definition) is 4. The normalized spacial score (nSPS) is 19.5. The number of ketones is 1. The Balaban J connectivity index is 1.89. The molecular formula is C14H22N2O3. The number of aromatic nitrogens is 2. The van der Waals surface area contributed by atoms with Crippen molar-refractivity contribution in [2.45, 2.75) is 44.8 Å². The van der Waals surface area contributed by atoms with E-state index >= 15 is 0 Å². The highest BCUT2D eigenvalue weighted by atomic mass is 16.5. The smallest absolute Gasteiger partial charge is 0.183 e. The predicted octanol–water partition coefficient (Wildman–Crippen LogP) is 2.06. The van der Waals surface area contributed by atoms with Gasteiger partial charge in [-0.1, -0.05) is 0 Å². The van der Waals surface area contributed by atoms with E-state index in [9.17, 15) is 4.79 Å². The van der Waals surface area contributed by atoms with Gasteiger partial charge in [-0.3, -0.25) is 9.48 Å². The first-order valence-electron chi connectivity index (χ1n) is 6.97. The van der Waals surface area contributed by atoms with Gasteiger partial charge in [0.2, 0.25) is 0 Å². The predicted molar refractivity (Wildman–Crippen MR) is 71.3 cm³/mol. The van der Waals surface area contributed by atoms with E-state index in [1.165, 1.54) is 0 Å². The van der Waals surface area contributed by atoms with Crippen LogP contribution in [0.1, 0.15) is 42.6 Å². The molecule has 106 valence electrons. The van der Waals surface area contributed by atoms with E-state index < -0.39 is 0 Å². The molecule has 1 aromatic heterocycles. The number of carbonyl (C=O) groups is 1. The van der Waals surface area contributed by atoms with Crippen molar-refractivity contribution < 1.29 is 14.3 Å². The fraction of sp³-hybridized carbons (Fsp3) is 0.714. The van der Waals surface area contributed by atoms with Crippen LogP contribution in [0.25, 0.3) is 0 Å². The molecule has 1 unspecified atom stereocenters. The van der Waals surface area contributed by atoms with E-state index in [0.717, 1.165) is 32.3 Å². The van der Waals surface area contributed by atoms with Gasteiger partial charge in [0, 0.05) is 39.5 Å². The third-order valence-corrected chi connectivity index (χ3v) is 3.41. The number of carbonyl (C=O) groups excluding carboxylic acids is 1. The molecule has 2 rings (SSSR count). The highest BCUT2D eigenvalue weighted by Gasteiger charge is 2.20. The van der Waals surface area contributed by atoms with Gasteiger partial charge >= 0.3 is 0 Å². The van der Waals surface area contributed by atoms with E-state index in [-0.39, 0.29) is 11.9 Å². The van der Waals surface area contributed by atoms with Gasteiger partial charge in [-0.25, -0.2) is 0 Å². The molecule has 19 heavy (non-hydrogen) atoms. The Morgan fingerprint density at radius 2 is 2.47 bits per heavy atom.